The van der Waals surface area contributed by atoms with E-state index >= 15 is 0 Å². The van der Waals surface area contributed by atoms with Gasteiger partial charge in [-0.3, -0.25) is 9.59 Å². The maximum atomic E-state index is 13.7. The van der Waals surface area contributed by atoms with Crippen molar-refractivity contribution < 1.29 is 14.3 Å². The molecule has 190 valence electrons. The summed E-state index contributed by atoms with van der Waals surface area (Å²) < 4.78 is 5.85. The number of benzene rings is 3. The molecule has 0 heterocycles. The van der Waals surface area contributed by atoms with Gasteiger partial charge >= 0.3 is 0 Å². The molecule has 1 N–H and O–H groups in total. The van der Waals surface area contributed by atoms with Crippen LogP contribution in [0.4, 0.5) is 0 Å². The highest BCUT2D eigenvalue weighted by molar-refractivity contribution is 6.31. The van der Waals surface area contributed by atoms with Gasteiger partial charge in [0.25, 0.3) is 5.91 Å². The van der Waals surface area contributed by atoms with Crippen LogP contribution in [-0.2, 0) is 22.6 Å². The van der Waals surface area contributed by atoms with E-state index in [4.69, 9.17) is 16.3 Å². The zero-order valence-corrected chi connectivity index (χ0v) is 22.2. The molecule has 3 aromatic rings. The fourth-order valence-corrected chi connectivity index (χ4v) is 4.02. The van der Waals surface area contributed by atoms with Crippen molar-refractivity contribution >= 4 is 23.4 Å². The lowest BCUT2D eigenvalue weighted by Gasteiger charge is -2.32. The summed E-state index contributed by atoms with van der Waals surface area (Å²) in [6, 6.07) is 22.3. The highest BCUT2D eigenvalue weighted by atomic mass is 35.5. The van der Waals surface area contributed by atoms with Crippen molar-refractivity contribution in [2.24, 2.45) is 0 Å². The van der Waals surface area contributed by atoms with Gasteiger partial charge in [-0.2, -0.15) is 0 Å². The molecule has 0 aliphatic carbocycles. The molecule has 0 unspecified atom stereocenters. The molecule has 0 aliphatic heterocycles. The van der Waals surface area contributed by atoms with Crippen LogP contribution in [-0.4, -0.2) is 35.4 Å². The monoisotopic (exact) mass is 506 g/mol. The summed E-state index contributed by atoms with van der Waals surface area (Å²) in [4.78, 5) is 28.9. The SMILES string of the molecule is CC[C@@H](C)NC(=O)[C@H](Cc1ccccc1)N(Cc1ccccc1C)C(=O)COc1ccc(Cl)c(C)c1. The fourth-order valence-electron chi connectivity index (χ4n) is 3.90. The number of rotatable bonds is 11. The standard InChI is InChI=1S/C30H35ClN2O3/c1-5-23(4)32-30(35)28(18-24-12-7-6-8-13-24)33(19-25-14-10-9-11-21(25)2)29(34)20-36-26-15-16-27(31)22(3)17-26/h6-17,23,28H,5,18-20H2,1-4H3,(H,32,35)/t23-,28+/m1/s1. The lowest BCUT2D eigenvalue weighted by Crippen LogP contribution is -2.53. The largest absolute Gasteiger partial charge is 0.484 e. The Morgan fingerprint density at radius 2 is 1.67 bits per heavy atom. The highest BCUT2D eigenvalue weighted by Crippen LogP contribution is 2.22. The van der Waals surface area contributed by atoms with Crippen molar-refractivity contribution in [1.29, 1.82) is 0 Å². The van der Waals surface area contributed by atoms with E-state index < -0.39 is 6.04 Å². The topological polar surface area (TPSA) is 58.6 Å². The molecule has 0 radical (unpaired) electrons. The minimum atomic E-state index is -0.691. The van der Waals surface area contributed by atoms with Crippen LogP contribution < -0.4 is 10.1 Å². The quantitative estimate of drug-likeness (QED) is 0.352. The Morgan fingerprint density at radius 1 is 0.972 bits per heavy atom. The Hall–Kier alpha value is -3.31. The Labute approximate surface area is 219 Å². The van der Waals surface area contributed by atoms with Crippen molar-refractivity contribution in [2.45, 2.75) is 59.2 Å². The molecule has 0 saturated heterocycles. The van der Waals surface area contributed by atoms with Crippen LogP contribution in [0.2, 0.25) is 5.02 Å². The Morgan fingerprint density at radius 3 is 2.33 bits per heavy atom. The number of carbonyl (C=O) groups excluding carboxylic acids is 2. The van der Waals surface area contributed by atoms with Gasteiger partial charge in [-0.15, -0.1) is 0 Å². The molecule has 2 amide bonds. The van der Waals surface area contributed by atoms with Crippen molar-refractivity contribution in [1.82, 2.24) is 10.2 Å². The number of carbonyl (C=O) groups is 2. The van der Waals surface area contributed by atoms with Gasteiger partial charge in [-0.25, -0.2) is 0 Å². The summed E-state index contributed by atoms with van der Waals surface area (Å²) in [5.41, 5.74) is 3.90. The first kappa shape index (κ1) is 27.3. The van der Waals surface area contributed by atoms with E-state index in [-0.39, 0.29) is 24.5 Å². The second-order valence-corrected chi connectivity index (χ2v) is 9.58. The van der Waals surface area contributed by atoms with Crippen molar-refractivity contribution in [3.63, 3.8) is 0 Å². The predicted octanol–water partition coefficient (Wildman–Crippen LogP) is 5.89. The Bertz CT molecular complexity index is 1170. The van der Waals surface area contributed by atoms with Gasteiger partial charge in [0.05, 0.1) is 0 Å². The van der Waals surface area contributed by atoms with Crippen LogP contribution in [0, 0.1) is 13.8 Å². The Kier molecular flexibility index (Phi) is 9.95. The maximum absolute atomic E-state index is 13.7. The molecule has 6 heteroatoms. The molecule has 0 spiro atoms. The lowest BCUT2D eigenvalue weighted by molar-refractivity contribution is -0.143. The van der Waals surface area contributed by atoms with Gasteiger partial charge in [0.15, 0.2) is 6.61 Å². The van der Waals surface area contributed by atoms with Crippen molar-refractivity contribution in [3.8, 4) is 5.75 Å². The number of nitrogens with zero attached hydrogens (tertiary/aromatic N) is 1. The first-order chi connectivity index (χ1) is 17.3. The third-order valence-electron chi connectivity index (χ3n) is 6.37. The molecule has 5 nitrogen and oxygen atoms in total. The highest BCUT2D eigenvalue weighted by Gasteiger charge is 2.31. The molecule has 0 aromatic heterocycles. The first-order valence-corrected chi connectivity index (χ1v) is 12.7. The minimum Gasteiger partial charge on any atom is -0.484 e. The average molecular weight is 507 g/mol. The number of hydrogen-bond donors (Lipinski definition) is 1. The van der Waals surface area contributed by atoms with E-state index in [1.54, 1.807) is 23.1 Å². The zero-order chi connectivity index (χ0) is 26.1. The number of ether oxygens (including phenoxy) is 1. The maximum Gasteiger partial charge on any atom is 0.261 e. The summed E-state index contributed by atoms with van der Waals surface area (Å²) in [7, 11) is 0. The van der Waals surface area contributed by atoms with Crippen molar-refractivity contribution in [2.75, 3.05) is 6.61 Å². The second-order valence-electron chi connectivity index (χ2n) is 9.17. The summed E-state index contributed by atoms with van der Waals surface area (Å²) in [5, 5.41) is 3.72. The van der Waals surface area contributed by atoms with Crippen LogP contribution in [0.1, 0.15) is 42.5 Å². The molecule has 0 saturated carbocycles. The van der Waals surface area contributed by atoms with Crippen LogP contribution >= 0.6 is 11.6 Å². The third kappa shape index (κ3) is 7.59. The van der Waals surface area contributed by atoms with E-state index in [1.807, 2.05) is 82.3 Å². The molecule has 0 aliphatic rings. The normalized spacial score (nSPS) is 12.5. The second kappa shape index (κ2) is 13.1. The van der Waals surface area contributed by atoms with Crippen LogP contribution in [0.5, 0.6) is 5.75 Å². The zero-order valence-electron chi connectivity index (χ0n) is 21.5. The van der Waals surface area contributed by atoms with Gasteiger partial charge < -0.3 is 15.0 Å². The van der Waals surface area contributed by atoms with Gasteiger partial charge in [-0.1, -0.05) is 73.1 Å². The lowest BCUT2D eigenvalue weighted by atomic mass is 10.0. The summed E-state index contributed by atoms with van der Waals surface area (Å²) in [6.45, 7) is 8.01. The minimum absolute atomic E-state index is 0.000482. The average Bonchev–Trinajstić information content (AvgIpc) is 2.88. The fraction of sp³-hybridized carbons (Fsp3) is 0.333. The Balaban J connectivity index is 1.92. The summed E-state index contributed by atoms with van der Waals surface area (Å²) in [5.74, 6) is 0.133. The van der Waals surface area contributed by atoms with E-state index in [1.165, 1.54) is 0 Å². The molecule has 0 fully saturated rings. The number of halogens is 1. The molecule has 2 atom stereocenters. The van der Waals surface area contributed by atoms with Gasteiger partial charge in [0.1, 0.15) is 11.8 Å². The van der Waals surface area contributed by atoms with Crippen molar-refractivity contribution in [3.05, 3.63) is 100 Å². The number of amides is 2. The number of nitrogens with one attached hydrogen (secondary N) is 1. The predicted molar refractivity (Wildman–Crippen MR) is 145 cm³/mol. The number of aryl methyl sites for hydroxylation is 2. The van der Waals surface area contributed by atoms with Gasteiger partial charge in [0.2, 0.25) is 5.91 Å². The van der Waals surface area contributed by atoms with Crippen LogP contribution in [0.25, 0.3) is 0 Å². The van der Waals surface area contributed by atoms with E-state index in [9.17, 15) is 9.59 Å². The van der Waals surface area contributed by atoms with E-state index in [2.05, 4.69) is 5.32 Å². The summed E-state index contributed by atoms with van der Waals surface area (Å²) >= 11 is 6.13. The molecular weight excluding hydrogens is 472 g/mol. The smallest absolute Gasteiger partial charge is 0.261 e. The van der Waals surface area contributed by atoms with Crippen LogP contribution in [0.15, 0.2) is 72.8 Å². The summed E-state index contributed by atoms with van der Waals surface area (Å²) in [6.07, 6.45) is 1.20. The van der Waals surface area contributed by atoms with Gasteiger partial charge in [-0.05, 0) is 67.6 Å². The molecule has 3 rings (SSSR count). The van der Waals surface area contributed by atoms with E-state index in [0.717, 1.165) is 28.7 Å². The molecule has 0 bridgehead atoms. The first-order valence-electron chi connectivity index (χ1n) is 12.4. The molecular formula is C30H35ClN2O3. The van der Waals surface area contributed by atoms with Crippen LogP contribution in [0.3, 0.4) is 0 Å². The molecule has 36 heavy (non-hydrogen) atoms. The third-order valence-corrected chi connectivity index (χ3v) is 6.79. The van der Waals surface area contributed by atoms with Gasteiger partial charge in [0, 0.05) is 24.0 Å². The molecule has 3 aromatic carbocycles. The van der Waals surface area contributed by atoms with E-state index in [0.29, 0.717) is 23.7 Å². The number of hydrogen-bond acceptors (Lipinski definition) is 3.